The minimum absolute atomic E-state index is 0. The van der Waals surface area contributed by atoms with Crippen molar-refractivity contribution < 1.29 is 18.0 Å². The second-order valence-electron chi connectivity index (χ2n) is 7.99. The molecule has 0 aromatic heterocycles. The number of carbonyl (C=O) groups excluding carboxylic acids is 1. The normalized spacial score (nSPS) is 20.7. The lowest BCUT2D eigenvalue weighted by molar-refractivity contribution is -0.137. The Hall–Kier alpha value is -1.02. The number of piperidine rings is 2. The Balaban J connectivity index is 0.00000225. The van der Waals surface area contributed by atoms with Crippen molar-refractivity contribution in [2.24, 2.45) is 5.92 Å². The van der Waals surface area contributed by atoms with Gasteiger partial charge in [0.1, 0.15) is 0 Å². The molecule has 2 aliphatic rings. The van der Waals surface area contributed by atoms with E-state index in [-0.39, 0.29) is 37.3 Å². The van der Waals surface area contributed by atoms with Crippen molar-refractivity contribution in [2.45, 2.75) is 57.3 Å². The van der Waals surface area contributed by atoms with Crippen molar-refractivity contribution in [3.05, 3.63) is 35.4 Å². The van der Waals surface area contributed by atoms with Gasteiger partial charge in [-0.2, -0.15) is 13.2 Å². The quantitative estimate of drug-likeness (QED) is 0.648. The molecular formula is C21H32Cl2F3N3O. The number of rotatable bonds is 6. The molecular weight excluding hydrogens is 438 g/mol. The van der Waals surface area contributed by atoms with Crippen molar-refractivity contribution in [1.29, 1.82) is 0 Å². The van der Waals surface area contributed by atoms with Crippen molar-refractivity contribution in [2.75, 3.05) is 26.2 Å². The predicted octanol–water partition coefficient (Wildman–Crippen LogP) is 4.41. The van der Waals surface area contributed by atoms with Gasteiger partial charge in [-0.05, 0) is 75.4 Å². The molecule has 0 bridgehead atoms. The highest BCUT2D eigenvalue weighted by atomic mass is 35.5. The summed E-state index contributed by atoms with van der Waals surface area (Å²) in [6, 6.07) is 5.77. The van der Waals surface area contributed by atoms with Gasteiger partial charge in [0.15, 0.2) is 0 Å². The summed E-state index contributed by atoms with van der Waals surface area (Å²) >= 11 is 0. The van der Waals surface area contributed by atoms with E-state index in [1.807, 2.05) is 0 Å². The van der Waals surface area contributed by atoms with E-state index in [9.17, 15) is 18.0 Å². The molecule has 1 amide bonds. The highest BCUT2D eigenvalue weighted by Crippen LogP contribution is 2.29. The Kier molecular flexibility index (Phi) is 11.5. The number of carbonyl (C=O) groups is 1. The topological polar surface area (TPSA) is 44.4 Å². The highest BCUT2D eigenvalue weighted by molar-refractivity contribution is 5.85. The summed E-state index contributed by atoms with van der Waals surface area (Å²) in [5.41, 5.74) is -0.211. The van der Waals surface area contributed by atoms with Crippen molar-refractivity contribution >= 4 is 30.7 Å². The maximum atomic E-state index is 12.7. The molecule has 2 saturated heterocycles. The van der Waals surface area contributed by atoms with Crippen LogP contribution >= 0.6 is 24.8 Å². The second-order valence-corrected chi connectivity index (χ2v) is 7.99. The average Bonchev–Trinajstić information content (AvgIpc) is 2.71. The Morgan fingerprint density at radius 1 is 1.17 bits per heavy atom. The van der Waals surface area contributed by atoms with E-state index in [1.54, 1.807) is 6.07 Å². The summed E-state index contributed by atoms with van der Waals surface area (Å²) in [6.45, 7) is 4.55. The first kappa shape index (κ1) is 27.0. The molecule has 0 spiro atoms. The second kappa shape index (κ2) is 12.7. The first-order valence-corrected chi connectivity index (χ1v) is 10.3. The molecule has 9 heteroatoms. The highest BCUT2D eigenvalue weighted by Gasteiger charge is 2.30. The van der Waals surface area contributed by atoms with E-state index < -0.39 is 11.7 Å². The molecule has 1 atom stereocenters. The van der Waals surface area contributed by atoms with Crippen LogP contribution in [0, 0.1) is 5.92 Å². The summed E-state index contributed by atoms with van der Waals surface area (Å²) in [4.78, 5) is 14.7. The van der Waals surface area contributed by atoms with E-state index in [2.05, 4.69) is 15.5 Å². The molecule has 30 heavy (non-hydrogen) atoms. The van der Waals surface area contributed by atoms with Crippen LogP contribution in [0.15, 0.2) is 24.3 Å². The fourth-order valence-corrected chi connectivity index (χ4v) is 4.23. The lowest BCUT2D eigenvalue weighted by Crippen LogP contribution is -2.49. The molecule has 3 rings (SSSR count). The maximum Gasteiger partial charge on any atom is 0.416 e. The number of alkyl halides is 3. The molecule has 4 nitrogen and oxygen atoms in total. The number of hydrogen-bond acceptors (Lipinski definition) is 3. The summed E-state index contributed by atoms with van der Waals surface area (Å²) in [5, 5.41) is 6.22. The van der Waals surface area contributed by atoms with E-state index >= 15 is 0 Å². The molecule has 2 heterocycles. The smallest absolute Gasteiger partial charge is 0.352 e. The van der Waals surface area contributed by atoms with Crippen LogP contribution in [0.5, 0.6) is 0 Å². The lowest BCUT2D eigenvalue weighted by atomic mass is 9.90. The minimum Gasteiger partial charge on any atom is -0.352 e. The van der Waals surface area contributed by atoms with Crippen LogP contribution in [-0.4, -0.2) is 43.0 Å². The van der Waals surface area contributed by atoms with Crippen molar-refractivity contribution in [3.8, 4) is 0 Å². The van der Waals surface area contributed by atoms with Gasteiger partial charge in [-0.1, -0.05) is 12.1 Å². The number of nitrogens with zero attached hydrogens (tertiary/aromatic N) is 1. The van der Waals surface area contributed by atoms with Crippen molar-refractivity contribution in [1.82, 2.24) is 15.5 Å². The molecule has 2 N–H and O–H groups in total. The maximum absolute atomic E-state index is 12.7. The summed E-state index contributed by atoms with van der Waals surface area (Å²) in [7, 11) is 0. The van der Waals surface area contributed by atoms with Crippen LogP contribution in [-0.2, 0) is 17.5 Å². The Labute approximate surface area is 189 Å². The van der Waals surface area contributed by atoms with Gasteiger partial charge in [0.2, 0.25) is 5.91 Å². The molecule has 0 saturated carbocycles. The van der Waals surface area contributed by atoms with Gasteiger partial charge in [0, 0.05) is 25.6 Å². The predicted molar refractivity (Wildman–Crippen MR) is 117 cm³/mol. The molecule has 2 aliphatic heterocycles. The van der Waals surface area contributed by atoms with E-state index in [4.69, 9.17) is 0 Å². The molecule has 0 aliphatic carbocycles. The lowest BCUT2D eigenvalue weighted by Gasteiger charge is -2.39. The van der Waals surface area contributed by atoms with Crippen LogP contribution in [0.3, 0.4) is 0 Å². The van der Waals surface area contributed by atoms with Crippen LogP contribution < -0.4 is 10.6 Å². The number of benzene rings is 1. The number of likely N-dealkylation sites (tertiary alicyclic amines) is 1. The van der Waals surface area contributed by atoms with Gasteiger partial charge >= 0.3 is 6.18 Å². The summed E-state index contributed by atoms with van der Waals surface area (Å²) in [6.07, 6.45) is 1.70. The average molecular weight is 470 g/mol. The number of halogens is 5. The summed E-state index contributed by atoms with van der Waals surface area (Å²) in [5.74, 6) is 0.475. The van der Waals surface area contributed by atoms with Gasteiger partial charge in [-0.3, -0.25) is 9.69 Å². The molecule has 1 unspecified atom stereocenters. The molecule has 172 valence electrons. The summed E-state index contributed by atoms with van der Waals surface area (Å²) < 4.78 is 38.2. The van der Waals surface area contributed by atoms with E-state index in [0.717, 1.165) is 57.6 Å². The fourth-order valence-electron chi connectivity index (χ4n) is 4.23. The largest absolute Gasteiger partial charge is 0.416 e. The molecule has 1 aromatic carbocycles. The van der Waals surface area contributed by atoms with E-state index in [0.29, 0.717) is 23.9 Å². The zero-order chi connectivity index (χ0) is 20.0. The van der Waals surface area contributed by atoms with Gasteiger partial charge in [0.05, 0.1) is 5.56 Å². The number of nitrogens with one attached hydrogen (secondary N) is 2. The van der Waals surface area contributed by atoms with Gasteiger partial charge < -0.3 is 10.6 Å². The van der Waals surface area contributed by atoms with Crippen LogP contribution in [0.25, 0.3) is 0 Å². The fraction of sp³-hybridized carbons (Fsp3) is 0.667. The van der Waals surface area contributed by atoms with Crippen LogP contribution in [0.2, 0.25) is 0 Å². The Morgan fingerprint density at radius 2 is 1.90 bits per heavy atom. The third kappa shape index (κ3) is 8.25. The number of hydrogen-bond donors (Lipinski definition) is 2. The monoisotopic (exact) mass is 469 g/mol. The SMILES string of the molecule is Cl.Cl.O=C(CCC1CCN(C2CCCNC2)CC1)NCc1cccc(C(F)(F)F)c1. The zero-order valence-electron chi connectivity index (χ0n) is 17.0. The van der Waals surface area contributed by atoms with Crippen LogP contribution in [0.4, 0.5) is 13.2 Å². The third-order valence-corrected chi connectivity index (χ3v) is 5.96. The standard InChI is InChI=1S/C21H30F3N3O.2ClH/c22-21(23,24)18-4-1-3-17(13-18)14-26-20(28)7-6-16-8-11-27(12-9-16)19-5-2-10-25-15-19;;/h1,3-4,13,16,19,25H,2,5-12,14-15H2,(H,26,28);2*1H. The molecule has 2 fully saturated rings. The van der Waals surface area contributed by atoms with Gasteiger partial charge in [-0.15, -0.1) is 24.8 Å². The van der Waals surface area contributed by atoms with Gasteiger partial charge in [0.25, 0.3) is 0 Å². The van der Waals surface area contributed by atoms with E-state index in [1.165, 1.54) is 18.9 Å². The first-order chi connectivity index (χ1) is 13.4. The zero-order valence-corrected chi connectivity index (χ0v) is 18.7. The third-order valence-electron chi connectivity index (χ3n) is 5.96. The van der Waals surface area contributed by atoms with Crippen molar-refractivity contribution in [3.63, 3.8) is 0 Å². The Morgan fingerprint density at radius 3 is 2.53 bits per heavy atom. The number of amides is 1. The first-order valence-electron chi connectivity index (χ1n) is 10.3. The Bertz CT molecular complexity index is 647. The van der Waals surface area contributed by atoms with Crippen LogP contribution in [0.1, 0.15) is 49.7 Å². The molecule has 0 radical (unpaired) electrons. The van der Waals surface area contributed by atoms with Gasteiger partial charge in [-0.25, -0.2) is 0 Å². The minimum atomic E-state index is -4.36. The molecule has 1 aromatic rings.